The van der Waals surface area contributed by atoms with Crippen LogP contribution in [0.4, 0.5) is 5.69 Å². The van der Waals surface area contributed by atoms with Gasteiger partial charge in [-0.2, -0.15) is 0 Å². The van der Waals surface area contributed by atoms with Crippen LogP contribution in [-0.2, 0) is 0 Å². The van der Waals surface area contributed by atoms with E-state index in [1.807, 2.05) is 54.6 Å². The predicted octanol–water partition coefficient (Wildman–Crippen LogP) is 4.07. The van der Waals surface area contributed by atoms with E-state index in [-0.39, 0.29) is 5.91 Å². The van der Waals surface area contributed by atoms with Gasteiger partial charge >= 0.3 is 0 Å². The summed E-state index contributed by atoms with van der Waals surface area (Å²) in [5.74, 6) is 0.830. The first-order chi connectivity index (χ1) is 12.0. The molecule has 134 valence electrons. The summed E-state index contributed by atoms with van der Waals surface area (Å²) in [6.45, 7) is 8.44. The first-order valence-electron chi connectivity index (χ1n) is 8.83. The van der Waals surface area contributed by atoms with Gasteiger partial charge in [-0.3, -0.25) is 4.79 Å². The zero-order valence-electron chi connectivity index (χ0n) is 15.6. The molecule has 0 heterocycles. The molecule has 0 fully saturated rings. The van der Waals surface area contributed by atoms with Gasteiger partial charge in [-0.25, -0.2) is 0 Å². The summed E-state index contributed by atoms with van der Waals surface area (Å²) >= 11 is 0. The van der Waals surface area contributed by atoms with Gasteiger partial charge in [0.05, 0.1) is 6.54 Å². The number of nitrogens with zero attached hydrogens (tertiary/aromatic N) is 2. The third-order valence-corrected chi connectivity index (χ3v) is 4.20. The van der Waals surface area contributed by atoms with E-state index in [2.05, 4.69) is 25.7 Å². The topological polar surface area (TPSA) is 32.8 Å². The second kappa shape index (κ2) is 9.11. The number of amides is 1. The minimum Gasteiger partial charge on any atom is -0.492 e. The van der Waals surface area contributed by atoms with Crippen LogP contribution in [0.15, 0.2) is 54.6 Å². The molecule has 25 heavy (non-hydrogen) atoms. The number of ether oxygens (including phenoxy) is 1. The van der Waals surface area contributed by atoms with Gasteiger partial charge in [0.25, 0.3) is 5.91 Å². The molecule has 2 aromatic carbocycles. The minimum atomic E-state index is 0.0100. The lowest BCUT2D eigenvalue weighted by Gasteiger charge is -2.27. The smallest absolute Gasteiger partial charge is 0.253 e. The lowest BCUT2D eigenvalue weighted by atomic mass is 10.1. The Labute approximate surface area is 151 Å². The SMILES string of the molecule is CCN(c1ccc(C(=O)N(C)CCOc2ccccc2)cc1)C(C)C. The maximum Gasteiger partial charge on any atom is 0.253 e. The normalized spacial score (nSPS) is 10.6. The number of benzene rings is 2. The van der Waals surface area contributed by atoms with E-state index < -0.39 is 0 Å². The molecule has 0 unspecified atom stereocenters. The van der Waals surface area contributed by atoms with Gasteiger partial charge in [0.15, 0.2) is 0 Å². The largest absolute Gasteiger partial charge is 0.492 e. The van der Waals surface area contributed by atoms with Crippen LogP contribution < -0.4 is 9.64 Å². The van der Waals surface area contributed by atoms with Gasteiger partial charge in [-0.05, 0) is 57.2 Å². The average Bonchev–Trinajstić information content (AvgIpc) is 2.63. The van der Waals surface area contributed by atoms with Crippen LogP contribution in [0, 0.1) is 0 Å². The van der Waals surface area contributed by atoms with E-state index in [0.29, 0.717) is 24.8 Å². The number of anilines is 1. The van der Waals surface area contributed by atoms with E-state index in [1.54, 1.807) is 11.9 Å². The van der Waals surface area contributed by atoms with Crippen LogP contribution in [0.5, 0.6) is 5.75 Å². The van der Waals surface area contributed by atoms with Gasteiger partial charge in [-0.15, -0.1) is 0 Å². The third kappa shape index (κ3) is 5.24. The minimum absolute atomic E-state index is 0.0100. The van der Waals surface area contributed by atoms with Crippen LogP contribution >= 0.6 is 0 Å². The second-order valence-corrected chi connectivity index (χ2v) is 6.31. The standard InChI is InChI=1S/C21H28N2O2/c1-5-23(17(2)3)19-13-11-18(12-14-19)21(24)22(4)15-16-25-20-9-7-6-8-10-20/h6-14,17H,5,15-16H2,1-4H3. The molecule has 0 saturated carbocycles. The number of hydrogen-bond donors (Lipinski definition) is 0. The highest BCUT2D eigenvalue weighted by atomic mass is 16.5. The highest BCUT2D eigenvalue weighted by Gasteiger charge is 2.13. The quantitative estimate of drug-likeness (QED) is 0.726. The van der Waals surface area contributed by atoms with E-state index in [1.165, 1.54) is 0 Å². The number of rotatable bonds is 8. The fraction of sp³-hybridized carbons (Fsp3) is 0.381. The molecule has 1 amide bonds. The fourth-order valence-corrected chi connectivity index (χ4v) is 2.78. The van der Waals surface area contributed by atoms with Crippen molar-refractivity contribution in [3.63, 3.8) is 0 Å². The van der Waals surface area contributed by atoms with Gasteiger partial charge in [0.1, 0.15) is 12.4 Å². The Morgan fingerprint density at radius 3 is 2.24 bits per heavy atom. The highest BCUT2D eigenvalue weighted by Crippen LogP contribution is 2.18. The van der Waals surface area contributed by atoms with Gasteiger partial charge in [-0.1, -0.05) is 18.2 Å². The molecule has 0 aliphatic carbocycles. The van der Waals surface area contributed by atoms with Gasteiger partial charge in [0, 0.05) is 30.9 Å². The summed E-state index contributed by atoms with van der Waals surface area (Å²) in [6, 6.07) is 17.9. The second-order valence-electron chi connectivity index (χ2n) is 6.31. The van der Waals surface area contributed by atoms with Crippen molar-refractivity contribution in [2.75, 3.05) is 31.6 Å². The molecule has 2 aromatic rings. The third-order valence-electron chi connectivity index (χ3n) is 4.20. The Morgan fingerprint density at radius 2 is 1.68 bits per heavy atom. The maximum absolute atomic E-state index is 12.5. The number of carbonyl (C=O) groups is 1. The molecule has 0 spiro atoms. The Balaban J connectivity index is 1.90. The molecule has 0 saturated heterocycles. The van der Waals surface area contributed by atoms with Crippen molar-refractivity contribution >= 4 is 11.6 Å². The van der Waals surface area contributed by atoms with Crippen molar-refractivity contribution in [1.29, 1.82) is 0 Å². The van der Waals surface area contributed by atoms with Crippen molar-refractivity contribution in [3.05, 3.63) is 60.2 Å². The Hall–Kier alpha value is -2.49. The van der Waals surface area contributed by atoms with Crippen molar-refractivity contribution < 1.29 is 9.53 Å². The molecule has 0 N–H and O–H groups in total. The lowest BCUT2D eigenvalue weighted by molar-refractivity contribution is 0.0774. The summed E-state index contributed by atoms with van der Waals surface area (Å²) in [5.41, 5.74) is 1.84. The van der Waals surface area contributed by atoms with E-state index >= 15 is 0 Å². The Bertz CT molecular complexity index is 653. The summed E-state index contributed by atoms with van der Waals surface area (Å²) in [7, 11) is 1.80. The summed E-state index contributed by atoms with van der Waals surface area (Å²) in [5, 5.41) is 0. The first-order valence-corrected chi connectivity index (χ1v) is 8.83. The summed E-state index contributed by atoms with van der Waals surface area (Å²) in [6.07, 6.45) is 0. The van der Waals surface area contributed by atoms with E-state index in [9.17, 15) is 4.79 Å². The van der Waals surface area contributed by atoms with Crippen LogP contribution in [0.2, 0.25) is 0 Å². The zero-order valence-corrected chi connectivity index (χ0v) is 15.6. The number of likely N-dealkylation sites (N-methyl/N-ethyl adjacent to an activating group) is 1. The fourth-order valence-electron chi connectivity index (χ4n) is 2.78. The number of carbonyl (C=O) groups excluding carboxylic acids is 1. The molecular formula is C21H28N2O2. The number of hydrogen-bond acceptors (Lipinski definition) is 3. The first kappa shape index (κ1) is 18.8. The Morgan fingerprint density at radius 1 is 1.04 bits per heavy atom. The highest BCUT2D eigenvalue weighted by molar-refractivity contribution is 5.94. The summed E-state index contributed by atoms with van der Waals surface area (Å²) < 4.78 is 5.65. The molecule has 0 aliphatic rings. The maximum atomic E-state index is 12.5. The van der Waals surface area contributed by atoms with Crippen molar-refractivity contribution in [2.45, 2.75) is 26.8 Å². The van der Waals surface area contributed by atoms with Crippen LogP contribution in [0.1, 0.15) is 31.1 Å². The molecule has 4 nitrogen and oxygen atoms in total. The monoisotopic (exact) mass is 340 g/mol. The van der Waals surface area contributed by atoms with Crippen LogP contribution in [-0.4, -0.2) is 43.6 Å². The molecule has 2 rings (SSSR count). The molecule has 0 atom stereocenters. The number of para-hydroxylation sites is 1. The van der Waals surface area contributed by atoms with Gasteiger partial charge in [0.2, 0.25) is 0 Å². The van der Waals surface area contributed by atoms with Gasteiger partial charge < -0.3 is 14.5 Å². The predicted molar refractivity (Wildman–Crippen MR) is 103 cm³/mol. The van der Waals surface area contributed by atoms with E-state index in [0.717, 1.165) is 18.0 Å². The van der Waals surface area contributed by atoms with E-state index in [4.69, 9.17) is 4.74 Å². The molecule has 0 aliphatic heterocycles. The lowest BCUT2D eigenvalue weighted by Crippen LogP contribution is -2.31. The van der Waals surface area contributed by atoms with Crippen LogP contribution in [0.3, 0.4) is 0 Å². The molecular weight excluding hydrogens is 312 g/mol. The zero-order chi connectivity index (χ0) is 18.2. The van der Waals surface area contributed by atoms with Crippen molar-refractivity contribution in [2.24, 2.45) is 0 Å². The molecule has 0 bridgehead atoms. The van der Waals surface area contributed by atoms with Crippen molar-refractivity contribution in [1.82, 2.24) is 4.90 Å². The molecule has 4 heteroatoms. The molecule has 0 radical (unpaired) electrons. The Kier molecular flexibility index (Phi) is 6.87. The summed E-state index contributed by atoms with van der Waals surface area (Å²) in [4.78, 5) is 16.5. The molecule has 0 aromatic heterocycles. The van der Waals surface area contributed by atoms with Crippen LogP contribution in [0.25, 0.3) is 0 Å². The average molecular weight is 340 g/mol. The van der Waals surface area contributed by atoms with Crippen molar-refractivity contribution in [3.8, 4) is 5.75 Å².